The normalized spacial score (nSPS) is 21.4. The zero-order chi connectivity index (χ0) is 15.7. The highest BCUT2D eigenvalue weighted by Crippen LogP contribution is 2.20. The molecule has 5 nitrogen and oxygen atoms in total. The number of hydrogen-bond acceptors (Lipinski definition) is 5. The average Bonchev–Trinajstić information content (AvgIpc) is 2.69. The molecule has 1 aromatic rings. The van der Waals surface area contributed by atoms with Crippen molar-refractivity contribution in [2.75, 3.05) is 16.8 Å². The van der Waals surface area contributed by atoms with E-state index in [9.17, 15) is 12.8 Å². The van der Waals surface area contributed by atoms with Gasteiger partial charge in [-0.15, -0.1) is 0 Å². The molecule has 2 rings (SSSR count). The van der Waals surface area contributed by atoms with Crippen molar-refractivity contribution in [1.82, 2.24) is 10.3 Å². The first-order valence-electron chi connectivity index (χ1n) is 7.02. The Morgan fingerprint density at radius 2 is 2.14 bits per heavy atom. The number of hydrogen-bond donors (Lipinski definition) is 2. The van der Waals surface area contributed by atoms with Gasteiger partial charge in [-0.25, -0.2) is 17.8 Å². The Bertz CT molecular complexity index is 611. The lowest BCUT2D eigenvalue weighted by atomic mass is 10.1. The van der Waals surface area contributed by atoms with E-state index in [4.69, 9.17) is 0 Å². The minimum atomic E-state index is -2.99. The molecule has 1 saturated heterocycles. The van der Waals surface area contributed by atoms with E-state index in [0.717, 1.165) is 0 Å². The number of aromatic nitrogens is 1. The molecule has 0 bridgehead atoms. The van der Waals surface area contributed by atoms with Crippen LogP contribution in [0, 0.1) is 5.82 Å². The van der Waals surface area contributed by atoms with Crippen molar-refractivity contribution in [2.45, 2.75) is 45.3 Å². The maximum atomic E-state index is 14.4. The summed E-state index contributed by atoms with van der Waals surface area (Å²) in [6.07, 6.45) is 2.03. The minimum absolute atomic E-state index is 0.0403. The van der Waals surface area contributed by atoms with Gasteiger partial charge in [0.15, 0.2) is 21.5 Å². The summed E-state index contributed by atoms with van der Waals surface area (Å²) in [6, 6.07) is 1.37. The van der Waals surface area contributed by atoms with Gasteiger partial charge in [-0.05, 0) is 33.3 Å². The Morgan fingerprint density at radius 3 is 2.71 bits per heavy atom. The van der Waals surface area contributed by atoms with Crippen LogP contribution in [0.1, 0.15) is 32.8 Å². The summed E-state index contributed by atoms with van der Waals surface area (Å²) < 4.78 is 37.2. The quantitative estimate of drug-likeness (QED) is 0.885. The zero-order valence-electron chi connectivity index (χ0n) is 12.6. The fourth-order valence-electron chi connectivity index (χ4n) is 2.18. The van der Waals surface area contributed by atoms with E-state index in [0.29, 0.717) is 18.5 Å². The standard InChI is InChI=1S/C14H22FN3O2S/c1-14(2,3)17-8-10-4-6-16-13(12(10)15)18-11-5-7-21(19,20)9-11/h4,6,11,17H,5,7-9H2,1-3H3,(H,16,18). The SMILES string of the molecule is CC(C)(C)NCc1ccnc(NC2CCS(=O)(=O)C2)c1F. The molecule has 1 aromatic heterocycles. The summed E-state index contributed by atoms with van der Waals surface area (Å²) in [7, 11) is -2.99. The summed E-state index contributed by atoms with van der Waals surface area (Å²) in [5, 5.41) is 6.13. The first kappa shape index (κ1) is 16.2. The van der Waals surface area contributed by atoms with Crippen LogP contribution in [0.4, 0.5) is 10.2 Å². The van der Waals surface area contributed by atoms with Crippen molar-refractivity contribution in [3.8, 4) is 0 Å². The molecule has 7 heteroatoms. The average molecular weight is 315 g/mol. The van der Waals surface area contributed by atoms with Crippen LogP contribution in [0.2, 0.25) is 0 Å². The predicted octanol–water partition coefficient (Wildman–Crippen LogP) is 1.71. The highest BCUT2D eigenvalue weighted by molar-refractivity contribution is 7.91. The third-order valence-electron chi connectivity index (χ3n) is 3.35. The predicted molar refractivity (Wildman–Crippen MR) is 81.5 cm³/mol. The van der Waals surface area contributed by atoms with Crippen molar-refractivity contribution in [2.24, 2.45) is 0 Å². The summed E-state index contributed by atoms with van der Waals surface area (Å²) in [5.41, 5.74) is 0.409. The largest absolute Gasteiger partial charge is 0.364 e. The van der Waals surface area contributed by atoms with Gasteiger partial charge >= 0.3 is 0 Å². The number of nitrogens with one attached hydrogen (secondary N) is 2. The number of anilines is 1. The van der Waals surface area contributed by atoms with E-state index < -0.39 is 15.7 Å². The smallest absolute Gasteiger partial charge is 0.169 e. The summed E-state index contributed by atoms with van der Waals surface area (Å²) in [4.78, 5) is 3.99. The molecule has 0 aromatic carbocycles. The number of pyridine rings is 1. The maximum Gasteiger partial charge on any atom is 0.169 e. The van der Waals surface area contributed by atoms with E-state index in [-0.39, 0.29) is 28.9 Å². The van der Waals surface area contributed by atoms with Crippen molar-refractivity contribution in [1.29, 1.82) is 0 Å². The first-order chi connectivity index (χ1) is 9.66. The van der Waals surface area contributed by atoms with E-state index in [2.05, 4.69) is 15.6 Å². The Balaban J connectivity index is 2.07. The first-order valence-corrected chi connectivity index (χ1v) is 8.84. The number of rotatable bonds is 4. The molecule has 21 heavy (non-hydrogen) atoms. The highest BCUT2D eigenvalue weighted by atomic mass is 32.2. The van der Waals surface area contributed by atoms with Gasteiger partial charge in [0.1, 0.15) is 0 Å². The molecule has 1 unspecified atom stereocenters. The molecule has 1 aliphatic rings. The molecule has 1 fully saturated rings. The van der Waals surface area contributed by atoms with Gasteiger partial charge in [-0.2, -0.15) is 0 Å². The summed E-state index contributed by atoms with van der Waals surface area (Å²) in [6.45, 7) is 6.42. The van der Waals surface area contributed by atoms with E-state index in [1.807, 2.05) is 20.8 Å². The van der Waals surface area contributed by atoms with Crippen LogP contribution in [0.5, 0.6) is 0 Å². The number of sulfone groups is 1. The van der Waals surface area contributed by atoms with Crippen LogP contribution in [0.3, 0.4) is 0 Å². The number of halogens is 1. The van der Waals surface area contributed by atoms with Gasteiger partial charge in [0.2, 0.25) is 0 Å². The monoisotopic (exact) mass is 315 g/mol. The van der Waals surface area contributed by atoms with Crippen LogP contribution >= 0.6 is 0 Å². The number of nitrogens with zero attached hydrogens (tertiary/aromatic N) is 1. The molecule has 2 N–H and O–H groups in total. The maximum absolute atomic E-state index is 14.4. The molecular weight excluding hydrogens is 293 g/mol. The molecule has 118 valence electrons. The fraction of sp³-hybridized carbons (Fsp3) is 0.643. The second-order valence-corrected chi connectivity index (χ2v) is 8.71. The Labute approximate surface area is 125 Å². The molecule has 0 saturated carbocycles. The van der Waals surface area contributed by atoms with E-state index in [1.54, 1.807) is 6.07 Å². The second kappa shape index (κ2) is 5.88. The fourth-order valence-corrected chi connectivity index (χ4v) is 3.86. The van der Waals surface area contributed by atoms with Crippen LogP contribution in [0.15, 0.2) is 12.3 Å². The molecule has 1 atom stereocenters. The van der Waals surface area contributed by atoms with Crippen LogP contribution in [0.25, 0.3) is 0 Å². The van der Waals surface area contributed by atoms with Crippen molar-refractivity contribution in [3.63, 3.8) is 0 Å². The molecule has 1 aliphatic heterocycles. The van der Waals surface area contributed by atoms with Crippen LogP contribution < -0.4 is 10.6 Å². The molecule has 0 amide bonds. The molecular formula is C14H22FN3O2S. The molecule has 2 heterocycles. The van der Waals surface area contributed by atoms with Crippen LogP contribution in [-0.4, -0.2) is 36.5 Å². The van der Waals surface area contributed by atoms with Gasteiger partial charge < -0.3 is 10.6 Å². The molecule has 0 aliphatic carbocycles. The second-order valence-electron chi connectivity index (χ2n) is 6.48. The Hall–Kier alpha value is -1.21. The zero-order valence-corrected chi connectivity index (χ0v) is 13.4. The lowest BCUT2D eigenvalue weighted by Gasteiger charge is -2.21. The lowest BCUT2D eigenvalue weighted by molar-refractivity contribution is 0.418. The minimum Gasteiger partial charge on any atom is -0.364 e. The summed E-state index contributed by atoms with van der Waals surface area (Å²) in [5.74, 6) is -0.0975. The van der Waals surface area contributed by atoms with Gasteiger partial charge in [0.25, 0.3) is 0 Å². The van der Waals surface area contributed by atoms with E-state index >= 15 is 0 Å². The van der Waals surface area contributed by atoms with Crippen molar-refractivity contribution >= 4 is 15.7 Å². The topological polar surface area (TPSA) is 71.1 Å². The third-order valence-corrected chi connectivity index (χ3v) is 5.12. The third kappa shape index (κ3) is 4.64. The van der Waals surface area contributed by atoms with Crippen molar-refractivity contribution < 1.29 is 12.8 Å². The van der Waals surface area contributed by atoms with Gasteiger partial charge in [-0.3, -0.25) is 0 Å². The summed E-state index contributed by atoms with van der Waals surface area (Å²) >= 11 is 0. The lowest BCUT2D eigenvalue weighted by Crippen LogP contribution is -2.35. The van der Waals surface area contributed by atoms with Crippen LogP contribution in [-0.2, 0) is 16.4 Å². The van der Waals surface area contributed by atoms with E-state index in [1.165, 1.54) is 6.20 Å². The van der Waals surface area contributed by atoms with Gasteiger partial charge in [-0.1, -0.05) is 0 Å². The highest BCUT2D eigenvalue weighted by Gasteiger charge is 2.28. The molecule has 0 radical (unpaired) electrons. The molecule has 0 spiro atoms. The van der Waals surface area contributed by atoms with Crippen molar-refractivity contribution in [3.05, 3.63) is 23.6 Å². The Morgan fingerprint density at radius 1 is 1.43 bits per heavy atom. The Kier molecular flexibility index (Phi) is 4.53. The van der Waals surface area contributed by atoms with Gasteiger partial charge in [0.05, 0.1) is 11.5 Å². The van der Waals surface area contributed by atoms with Gasteiger partial charge in [0, 0.05) is 29.9 Å².